The van der Waals surface area contributed by atoms with E-state index in [2.05, 4.69) is 14.9 Å². The van der Waals surface area contributed by atoms with Crippen LogP contribution >= 0.6 is 0 Å². The third-order valence-corrected chi connectivity index (χ3v) is 3.90. The van der Waals surface area contributed by atoms with Crippen molar-refractivity contribution in [2.45, 2.75) is 50.4 Å². The van der Waals surface area contributed by atoms with Crippen molar-refractivity contribution in [2.75, 3.05) is 4.90 Å². The Morgan fingerprint density at radius 3 is 2.53 bits per heavy atom. The Morgan fingerprint density at radius 2 is 1.88 bits per heavy atom. The zero-order chi connectivity index (χ0) is 11.8. The molecular formula is C12H18N4O. The Kier molecular flexibility index (Phi) is 2.72. The average Bonchev–Trinajstić information content (AvgIpc) is 2.61. The van der Waals surface area contributed by atoms with Crippen LogP contribution in [0.15, 0.2) is 12.4 Å². The van der Waals surface area contributed by atoms with Crippen molar-refractivity contribution in [3.8, 4) is 0 Å². The molecular weight excluding hydrogens is 216 g/mol. The van der Waals surface area contributed by atoms with Gasteiger partial charge in [-0.25, -0.2) is 4.98 Å². The molecule has 2 aliphatic rings. The highest BCUT2D eigenvalue weighted by atomic mass is 16.3. The minimum absolute atomic E-state index is 0.151. The number of piperidine rings is 1. The van der Waals surface area contributed by atoms with Crippen molar-refractivity contribution in [1.29, 1.82) is 0 Å². The highest BCUT2D eigenvalue weighted by Gasteiger charge is 2.41. The number of anilines is 1. The number of hydrogen-bond acceptors (Lipinski definition) is 5. The van der Waals surface area contributed by atoms with Crippen molar-refractivity contribution in [1.82, 2.24) is 9.97 Å². The van der Waals surface area contributed by atoms with E-state index in [0.29, 0.717) is 18.6 Å². The van der Waals surface area contributed by atoms with Gasteiger partial charge >= 0.3 is 0 Å². The van der Waals surface area contributed by atoms with Crippen LogP contribution < -0.4 is 10.6 Å². The first-order chi connectivity index (χ1) is 8.29. The van der Waals surface area contributed by atoms with Gasteiger partial charge in [0.05, 0.1) is 11.8 Å². The Morgan fingerprint density at radius 1 is 1.24 bits per heavy atom. The molecule has 0 saturated carbocycles. The van der Waals surface area contributed by atoms with Gasteiger partial charge in [0.1, 0.15) is 0 Å². The summed E-state index contributed by atoms with van der Waals surface area (Å²) in [6, 6.07) is 0.816. The topological polar surface area (TPSA) is 75.3 Å². The molecule has 5 nitrogen and oxygen atoms in total. The number of hydrogen-bond donors (Lipinski definition) is 2. The van der Waals surface area contributed by atoms with E-state index in [0.717, 1.165) is 37.2 Å². The summed E-state index contributed by atoms with van der Waals surface area (Å²) in [5, 5.41) is 9.79. The first-order valence-corrected chi connectivity index (χ1v) is 6.26. The fourth-order valence-electron chi connectivity index (χ4n) is 3.21. The van der Waals surface area contributed by atoms with Gasteiger partial charge in [0.2, 0.25) is 0 Å². The summed E-state index contributed by atoms with van der Waals surface area (Å²) in [7, 11) is 0. The smallest absolute Gasteiger partial charge is 0.152 e. The van der Waals surface area contributed by atoms with Gasteiger partial charge in [-0.15, -0.1) is 0 Å². The summed E-state index contributed by atoms with van der Waals surface area (Å²) in [5.74, 6) is 0.925. The SMILES string of the molecule is NCc1nccnc1N1C2CCC1CC(O)C2. The van der Waals surface area contributed by atoms with Crippen molar-refractivity contribution in [2.24, 2.45) is 5.73 Å². The van der Waals surface area contributed by atoms with Gasteiger partial charge in [-0.05, 0) is 25.7 Å². The van der Waals surface area contributed by atoms with Crippen LogP contribution in [0.5, 0.6) is 0 Å². The van der Waals surface area contributed by atoms with E-state index in [-0.39, 0.29) is 6.10 Å². The predicted molar refractivity (Wildman–Crippen MR) is 64.5 cm³/mol. The third-order valence-electron chi connectivity index (χ3n) is 3.90. The fraction of sp³-hybridized carbons (Fsp3) is 0.667. The molecule has 17 heavy (non-hydrogen) atoms. The van der Waals surface area contributed by atoms with Crippen LogP contribution in [0.25, 0.3) is 0 Å². The summed E-state index contributed by atoms with van der Waals surface area (Å²) in [6.45, 7) is 0.418. The van der Waals surface area contributed by atoms with Crippen molar-refractivity contribution in [3.63, 3.8) is 0 Å². The van der Waals surface area contributed by atoms with Crippen LogP contribution in [0.2, 0.25) is 0 Å². The van der Waals surface area contributed by atoms with E-state index in [1.807, 2.05) is 0 Å². The molecule has 2 unspecified atom stereocenters. The Balaban J connectivity index is 1.94. The molecule has 3 rings (SSSR count). The quantitative estimate of drug-likeness (QED) is 0.776. The number of aliphatic hydroxyl groups is 1. The molecule has 92 valence electrons. The molecule has 0 spiro atoms. The van der Waals surface area contributed by atoms with Crippen LogP contribution in [0, 0.1) is 0 Å². The molecule has 0 aromatic carbocycles. The van der Waals surface area contributed by atoms with E-state index in [9.17, 15) is 5.11 Å². The lowest BCUT2D eigenvalue weighted by Crippen LogP contribution is -2.45. The largest absolute Gasteiger partial charge is 0.393 e. The molecule has 5 heteroatoms. The number of aromatic nitrogens is 2. The summed E-state index contributed by atoms with van der Waals surface area (Å²) in [5.41, 5.74) is 6.58. The van der Waals surface area contributed by atoms with Crippen molar-refractivity contribution in [3.05, 3.63) is 18.1 Å². The van der Waals surface area contributed by atoms with Gasteiger partial charge in [-0.2, -0.15) is 0 Å². The zero-order valence-electron chi connectivity index (χ0n) is 9.79. The molecule has 0 amide bonds. The van der Waals surface area contributed by atoms with Crippen LogP contribution in [0.1, 0.15) is 31.4 Å². The summed E-state index contributed by atoms with van der Waals surface area (Å²) in [6.07, 6.45) is 7.23. The lowest BCUT2D eigenvalue weighted by atomic mass is 10.00. The minimum Gasteiger partial charge on any atom is -0.393 e. The van der Waals surface area contributed by atoms with Crippen LogP contribution in [-0.4, -0.2) is 33.3 Å². The van der Waals surface area contributed by atoms with E-state index < -0.39 is 0 Å². The molecule has 1 aromatic heterocycles. The van der Waals surface area contributed by atoms with Gasteiger partial charge < -0.3 is 15.7 Å². The van der Waals surface area contributed by atoms with Crippen LogP contribution in [0.4, 0.5) is 5.82 Å². The number of rotatable bonds is 2. The maximum absolute atomic E-state index is 9.79. The van der Waals surface area contributed by atoms with Crippen LogP contribution in [0.3, 0.4) is 0 Å². The molecule has 0 aliphatic carbocycles. The molecule has 2 aliphatic heterocycles. The monoisotopic (exact) mass is 234 g/mol. The summed E-state index contributed by atoms with van der Waals surface area (Å²) < 4.78 is 0. The van der Waals surface area contributed by atoms with Crippen molar-refractivity contribution >= 4 is 5.82 Å². The van der Waals surface area contributed by atoms with Gasteiger partial charge in [0.25, 0.3) is 0 Å². The first-order valence-electron chi connectivity index (χ1n) is 6.26. The van der Waals surface area contributed by atoms with Crippen LogP contribution in [-0.2, 0) is 6.54 Å². The molecule has 2 saturated heterocycles. The van der Waals surface area contributed by atoms with Gasteiger partial charge in [0, 0.05) is 31.0 Å². The third kappa shape index (κ3) is 1.79. The van der Waals surface area contributed by atoms with E-state index in [4.69, 9.17) is 5.73 Å². The normalized spacial score (nSPS) is 31.9. The van der Waals surface area contributed by atoms with E-state index in [1.54, 1.807) is 12.4 Å². The standard InChI is InChI=1S/C12H18N4O/c13-7-11-12(15-4-3-14-11)16-8-1-2-9(16)6-10(17)5-8/h3-4,8-10,17H,1-2,5-7,13H2. The van der Waals surface area contributed by atoms with Gasteiger partial charge in [0.15, 0.2) is 5.82 Å². The Bertz CT molecular complexity index is 397. The zero-order valence-corrected chi connectivity index (χ0v) is 9.79. The number of nitrogens with two attached hydrogens (primary N) is 1. The molecule has 3 N–H and O–H groups in total. The van der Waals surface area contributed by atoms with E-state index >= 15 is 0 Å². The predicted octanol–water partition coefficient (Wildman–Crippen LogP) is 0.427. The fourth-order valence-corrected chi connectivity index (χ4v) is 3.21. The lowest BCUT2D eigenvalue weighted by Gasteiger charge is -2.38. The maximum Gasteiger partial charge on any atom is 0.152 e. The van der Waals surface area contributed by atoms with Gasteiger partial charge in [-0.1, -0.05) is 0 Å². The average molecular weight is 234 g/mol. The summed E-state index contributed by atoms with van der Waals surface area (Å²) >= 11 is 0. The number of fused-ring (bicyclic) bond motifs is 2. The Hall–Kier alpha value is -1.20. The lowest BCUT2D eigenvalue weighted by molar-refractivity contribution is 0.126. The number of nitrogens with zero attached hydrogens (tertiary/aromatic N) is 3. The molecule has 2 bridgehead atoms. The van der Waals surface area contributed by atoms with E-state index in [1.165, 1.54) is 0 Å². The minimum atomic E-state index is -0.151. The second kappa shape index (κ2) is 4.23. The second-order valence-corrected chi connectivity index (χ2v) is 4.95. The first kappa shape index (κ1) is 10.9. The second-order valence-electron chi connectivity index (χ2n) is 4.95. The maximum atomic E-state index is 9.79. The summed E-state index contributed by atoms with van der Waals surface area (Å²) in [4.78, 5) is 11.1. The molecule has 1 aromatic rings. The molecule has 3 heterocycles. The van der Waals surface area contributed by atoms with Crippen molar-refractivity contribution < 1.29 is 5.11 Å². The number of aliphatic hydroxyl groups excluding tert-OH is 1. The molecule has 2 fully saturated rings. The highest BCUT2D eigenvalue weighted by Crippen LogP contribution is 2.39. The molecule has 0 radical (unpaired) electrons. The molecule has 2 atom stereocenters. The highest BCUT2D eigenvalue weighted by molar-refractivity contribution is 5.47. The Labute approximate surface area is 101 Å². The van der Waals surface area contributed by atoms with Gasteiger partial charge in [-0.3, -0.25) is 4.98 Å².